The van der Waals surface area contributed by atoms with Crippen molar-refractivity contribution in [2.45, 2.75) is 57.2 Å². The van der Waals surface area contributed by atoms with Gasteiger partial charge in [0.1, 0.15) is 12.6 Å². The fourth-order valence-electron chi connectivity index (χ4n) is 5.21. The zero-order chi connectivity index (χ0) is 31.1. The fraction of sp³-hybridized carbons (Fsp3) is 0.355. The first-order valence-electron chi connectivity index (χ1n) is 13.9. The van der Waals surface area contributed by atoms with E-state index in [1.54, 1.807) is 18.2 Å². The minimum absolute atomic E-state index is 0.00372. The molecule has 1 N–H and O–H groups in total. The van der Waals surface area contributed by atoms with Gasteiger partial charge in [0.2, 0.25) is 21.8 Å². The maximum absolute atomic E-state index is 14.3. The molecule has 1 fully saturated rings. The van der Waals surface area contributed by atoms with Crippen LogP contribution in [-0.4, -0.2) is 50.0 Å². The molecule has 0 heterocycles. The number of carbonyl (C=O) groups excluding carboxylic acids is 2. The summed E-state index contributed by atoms with van der Waals surface area (Å²) in [4.78, 5) is 29.7. The van der Waals surface area contributed by atoms with Gasteiger partial charge in [-0.15, -0.1) is 0 Å². The first kappa shape index (κ1) is 33.4. The molecule has 2 amide bonds. The highest BCUT2D eigenvalue weighted by molar-refractivity contribution is 7.92. The van der Waals surface area contributed by atoms with Crippen LogP contribution >= 0.6 is 46.4 Å². The molecule has 0 saturated heterocycles. The number of sulfonamides is 1. The largest absolute Gasteiger partial charge is 0.352 e. The van der Waals surface area contributed by atoms with Crippen LogP contribution in [0.4, 0.5) is 5.69 Å². The smallest absolute Gasteiger partial charge is 0.244 e. The molecule has 1 aliphatic rings. The summed E-state index contributed by atoms with van der Waals surface area (Å²) in [5.41, 5.74) is 1.49. The zero-order valence-corrected chi connectivity index (χ0v) is 27.5. The van der Waals surface area contributed by atoms with E-state index in [2.05, 4.69) is 5.32 Å². The Hall–Kier alpha value is -2.49. The second-order valence-corrected chi connectivity index (χ2v) is 14.3. The maximum Gasteiger partial charge on any atom is 0.244 e. The van der Waals surface area contributed by atoms with Gasteiger partial charge in [-0.1, -0.05) is 102 Å². The van der Waals surface area contributed by atoms with Crippen molar-refractivity contribution in [1.29, 1.82) is 0 Å². The molecule has 0 aromatic heterocycles. The van der Waals surface area contributed by atoms with Crippen molar-refractivity contribution in [1.82, 2.24) is 10.2 Å². The topological polar surface area (TPSA) is 86.8 Å². The van der Waals surface area contributed by atoms with Crippen LogP contribution in [0.1, 0.15) is 43.2 Å². The molecule has 1 aliphatic carbocycles. The summed E-state index contributed by atoms with van der Waals surface area (Å²) < 4.78 is 26.9. The van der Waals surface area contributed by atoms with Crippen molar-refractivity contribution in [3.63, 3.8) is 0 Å². The highest BCUT2D eigenvalue weighted by atomic mass is 35.5. The molecule has 3 aromatic carbocycles. The highest BCUT2D eigenvalue weighted by Crippen LogP contribution is 2.31. The van der Waals surface area contributed by atoms with Crippen LogP contribution in [0.3, 0.4) is 0 Å². The van der Waals surface area contributed by atoms with Crippen molar-refractivity contribution in [2.75, 3.05) is 17.1 Å². The molecule has 7 nitrogen and oxygen atoms in total. The Kier molecular flexibility index (Phi) is 11.6. The number of halogens is 4. The molecular weight excluding hydrogens is 652 g/mol. The Bertz CT molecular complexity index is 1550. The summed E-state index contributed by atoms with van der Waals surface area (Å²) in [5, 5.41) is 4.27. The molecule has 0 spiro atoms. The molecule has 0 aliphatic heterocycles. The number of amides is 2. The zero-order valence-electron chi connectivity index (χ0n) is 23.6. The number of nitrogens with zero attached hydrogens (tertiary/aromatic N) is 2. The number of hydrogen-bond acceptors (Lipinski definition) is 4. The third kappa shape index (κ3) is 9.25. The molecule has 3 aromatic rings. The second kappa shape index (κ2) is 15.0. The third-order valence-corrected chi connectivity index (χ3v) is 9.69. The second-order valence-electron chi connectivity index (χ2n) is 10.7. The van der Waals surface area contributed by atoms with Crippen LogP contribution in [0.15, 0.2) is 66.7 Å². The number of rotatable bonds is 11. The Morgan fingerprint density at radius 3 is 2.12 bits per heavy atom. The lowest BCUT2D eigenvalue weighted by Crippen LogP contribution is -2.55. The van der Waals surface area contributed by atoms with Crippen LogP contribution in [0.25, 0.3) is 0 Å². The van der Waals surface area contributed by atoms with Gasteiger partial charge < -0.3 is 10.2 Å². The van der Waals surface area contributed by atoms with E-state index >= 15 is 0 Å². The van der Waals surface area contributed by atoms with Crippen LogP contribution < -0.4 is 9.62 Å². The summed E-state index contributed by atoms with van der Waals surface area (Å²) in [6, 6.07) is 17.6. The molecule has 0 unspecified atom stereocenters. The van der Waals surface area contributed by atoms with Gasteiger partial charge in [0.25, 0.3) is 0 Å². The molecule has 0 bridgehead atoms. The number of carbonyl (C=O) groups is 2. The Morgan fingerprint density at radius 2 is 1.51 bits per heavy atom. The highest BCUT2D eigenvalue weighted by Gasteiger charge is 2.34. The quantitative estimate of drug-likeness (QED) is 0.232. The van der Waals surface area contributed by atoms with Gasteiger partial charge in [-0.05, 0) is 54.3 Å². The van der Waals surface area contributed by atoms with Gasteiger partial charge in [-0.2, -0.15) is 0 Å². The Morgan fingerprint density at radius 1 is 0.884 bits per heavy atom. The lowest BCUT2D eigenvalue weighted by Gasteiger charge is -2.35. The monoisotopic (exact) mass is 683 g/mol. The predicted octanol–water partition coefficient (Wildman–Crippen LogP) is 7.16. The van der Waals surface area contributed by atoms with Gasteiger partial charge in [0, 0.05) is 34.1 Å². The van der Waals surface area contributed by atoms with E-state index in [1.807, 2.05) is 30.3 Å². The van der Waals surface area contributed by atoms with Crippen molar-refractivity contribution in [2.24, 2.45) is 0 Å². The molecule has 230 valence electrons. The summed E-state index contributed by atoms with van der Waals surface area (Å²) in [7, 11) is -3.98. The number of nitrogens with one attached hydrogen (secondary N) is 1. The standard InChI is InChI=1S/C31H33Cl4N3O4S/c1-43(41,42)38(28-15-14-24(33)18-27(28)35)20-30(39)37(19-22-12-13-23(32)17-26(22)34)29(16-21-8-4-2-5-9-21)31(40)36-25-10-6-3-7-11-25/h2,4-5,8-9,12-15,17-18,25,29H,3,6-7,10-11,16,19-20H2,1H3,(H,36,40)/t29-/m1/s1. The lowest BCUT2D eigenvalue weighted by atomic mass is 9.94. The molecule has 4 rings (SSSR count). The number of anilines is 1. The Labute approximate surface area is 273 Å². The van der Waals surface area contributed by atoms with Crippen molar-refractivity contribution >= 4 is 73.9 Å². The van der Waals surface area contributed by atoms with E-state index < -0.39 is 28.5 Å². The van der Waals surface area contributed by atoms with E-state index in [0.29, 0.717) is 20.6 Å². The normalized spacial score (nSPS) is 14.6. The Balaban J connectivity index is 1.76. The summed E-state index contributed by atoms with van der Waals surface area (Å²) >= 11 is 25.1. The summed E-state index contributed by atoms with van der Waals surface area (Å²) in [6.07, 6.45) is 6.06. The van der Waals surface area contributed by atoms with Crippen molar-refractivity contribution in [3.8, 4) is 0 Å². The molecule has 12 heteroatoms. The van der Waals surface area contributed by atoms with Gasteiger partial charge in [0.15, 0.2) is 0 Å². The average molecular weight is 686 g/mol. The fourth-order valence-corrected chi connectivity index (χ4v) is 7.10. The summed E-state index contributed by atoms with van der Waals surface area (Å²) in [5.74, 6) is -0.924. The van der Waals surface area contributed by atoms with Gasteiger partial charge >= 0.3 is 0 Å². The molecule has 0 radical (unpaired) electrons. The van der Waals surface area contributed by atoms with Crippen LogP contribution in [0.5, 0.6) is 0 Å². The summed E-state index contributed by atoms with van der Waals surface area (Å²) in [6.45, 7) is -0.663. The molecule has 1 atom stereocenters. The van der Waals surface area contributed by atoms with E-state index in [9.17, 15) is 18.0 Å². The molecular formula is C31H33Cl4N3O4S. The van der Waals surface area contributed by atoms with Gasteiger partial charge in [0.05, 0.1) is 17.0 Å². The molecule has 43 heavy (non-hydrogen) atoms. The van der Waals surface area contributed by atoms with Crippen molar-refractivity contribution in [3.05, 3.63) is 97.9 Å². The van der Waals surface area contributed by atoms with Gasteiger partial charge in [-0.25, -0.2) is 8.42 Å². The SMILES string of the molecule is CS(=O)(=O)N(CC(=O)N(Cc1ccc(Cl)cc1Cl)[C@H](Cc1ccccc1)C(=O)NC1CCCCC1)c1ccc(Cl)cc1Cl. The van der Waals surface area contributed by atoms with Crippen LogP contribution in [0.2, 0.25) is 20.1 Å². The number of benzene rings is 3. The molecule has 1 saturated carbocycles. The first-order chi connectivity index (χ1) is 20.4. The maximum atomic E-state index is 14.3. The van der Waals surface area contributed by atoms with Crippen LogP contribution in [-0.2, 0) is 32.6 Å². The predicted molar refractivity (Wildman–Crippen MR) is 175 cm³/mol. The third-order valence-electron chi connectivity index (χ3n) is 7.44. The van der Waals surface area contributed by atoms with E-state index in [1.165, 1.54) is 23.1 Å². The van der Waals surface area contributed by atoms with Gasteiger partial charge in [-0.3, -0.25) is 13.9 Å². The average Bonchev–Trinajstić information content (AvgIpc) is 2.95. The first-order valence-corrected chi connectivity index (χ1v) is 17.3. The van der Waals surface area contributed by atoms with Crippen molar-refractivity contribution < 1.29 is 18.0 Å². The lowest BCUT2D eigenvalue weighted by molar-refractivity contribution is -0.140. The van der Waals surface area contributed by atoms with Crippen LogP contribution in [0, 0.1) is 0 Å². The minimum Gasteiger partial charge on any atom is -0.352 e. The minimum atomic E-state index is -3.98. The van der Waals surface area contributed by atoms with E-state index in [0.717, 1.165) is 48.2 Å². The van der Waals surface area contributed by atoms with E-state index in [4.69, 9.17) is 46.4 Å². The number of hydrogen-bond donors (Lipinski definition) is 1. The van der Waals surface area contributed by atoms with E-state index in [-0.39, 0.29) is 35.6 Å².